The maximum Gasteiger partial charge on any atom is 0.223 e. The Hall–Kier alpha value is -2.46. The summed E-state index contributed by atoms with van der Waals surface area (Å²) in [6, 6.07) is 15.4. The van der Waals surface area contributed by atoms with E-state index in [2.05, 4.69) is 16.4 Å². The van der Waals surface area contributed by atoms with Crippen molar-refractivity contribution in [1.29, 1.82) is 0 Å². The highest BCUT2D eigenvalue weighted by molar-refractivity contribution is 6.32. The monoisotopic (exact) mass is 342 g/mol. The molecule has 0 spiro atoms. The molecule has 2 aromatic carbocycles. The Kier molecular flexibility index (Phi) is 5.39. The largest absolute Gasteiger partial charge is 0.491 e. The Morgan fingerprint density at radius 1 is 1.12 bits per heavy atom. The first-order chi connectivity index (χ1) is 11.7. The lowest BCUT2D eigenvalue weighted by molar-refractivity contribution is -0.121. The van der Waals surface area contributed by atoms with Crippen molar-refractivity contribution in [2.24, 2.45) is 0 Å². The summed E-state index contributed by atoms with van der Waals surface area (Å²) in [7, 11) is 0. The summed E-state index contributed by atoms with van der Waals surface area (Å²) in [6.07, 6.45) is 3.09. The lowest BCUT2D eigenvalue weighted by Crippen LogP contribution is -2.27. The van der Waals surface area contributed by atoms with E-state index in [-0.39, 0.29) is 5.91 Å². The highest BCUT2D eigenvalue weighted by atomic mass is 35.5. The number of H-pyrrole nitrogens is 1. The van der Waals surface area contributed by atoms with Gasteiger partial charge in [-0.25, -0.2) is 0 Å². The quantitative estimate of drug-likeness (QED) is 0.683. The van der Waals surface area contributed by atoms with Crippen LogP contribution in [-0.4, -0.2) is 24.0 Å². The van der Waals surface area contributed by atoms with E-state index in [9.17, 15) is 4.79 Å². The van der Waals surface area contributed by atoms with Gasteiger partial charge in [-0.05, 0) is 30.2 Å². The van der Waals surface area contributed by atoms with Crippen molar-refractivity contribution in [2.75, 3.05) is 13.2 Å². The number of hydrogen-bond donors (Lipinski definition) is 2. The third-order valence-corrected chi connectivity index (χ3v) is 4.13. The maximum atomic E-state index is 11.9. The molecule has 0 fully saturated rings. The Balaban J connectivity index is 1.41. The van der Waals surface area contributed by atoms with Crippen molar-refractivity contribution in [3.8, 4) is 5.75 Å². The van der Waals surface area contributed by atoms with Crippen LogP contribution in [0, 0.1) is 0 Å². The first-order valence-electron chi connectivity index (χ1n) is 7.93. The van der Waals surface area contributed by atoms with Gasteiger partial charge in [-0.2, -0.15) is 0 Å². The number of halogens is 1. The van der Waals surface area contributed by atoms with Crippen molar-refractivity contribution < 1.29 is 9.53 Å². The highest BCUT2D eigenvalue weighted by Gasteiger charge is 2.06. The molecule has 124 valence electrons. The van der Waals surface area contributed by atoms with E-state index >= 15 is 0 Å². The second-order valence-electron chi connectivity index (χ2n) is 5.49. The normalized spacial score (nSPS) is 10.7. The summed E-state index contributed by atoms with van der Waals surface area (Å²) >= 11 is 6.00. The smallest absolute Gasteiger partial charge is 0.223 e. The number of ether oxygens (including phenoxy) is 1. The standard InChI is InChI=1S/C19H19ClN2O2/c20-16-6-2-4-8-18(16)24-12-10-19(23)21-11-9-14-13-22-17-7-3-1-5-15(14)17/h1-8,13,22H,9-12H2,(H,21,23). The number of carbonyl (C=O) groups excluding carboxylic acids is 1. The van der Waals surface area contributed by atoms with Gasteiger partial charge < -0.3 is 15.0 Å². The van der Waals surface area contributed by atoms with Crippen LogP contribution in [0.4, 0.5) is 0 Å². The predicted octanol–water partition coefficient (Wildman–Crippen LogP) is 3.95. The van der Waals surface area contributed by atoms with Crippen molar-refractivity contribution >= 4 is 28.4 Å². The van der Waals surface area contributed by atoms with Crippen LogP contribution >= 0.6 is 11.6 Å². The molecule has 0 saturated carbocycles. The van der Waals surface area contributed by atoms with Gasteiger partial charge >= 0.3 is 0 Å². The van der Waals surface area contributed by atoms with Crippen molar-refractivity contribution in [3.63, 3.8) is 0 Å². The van der Waals surface area contributed by atoms with E-state index < -0.39 is 0 Å². The third kappa shape index (κ3) is 4.09. The molecule has 3 rings (SSSR count). The molecule has 0 aliphatic carbocycles. The van der Waals surface area contributed by atoms with Gasteiger partial charge in [-0.1, -0.05) is 41.9 Å². The second-order valence-corrected chi connectivity index (χ2v) is 5.90. The average molecular weight is 343 g/mol. The second kappa shape index (κ2) is 7.88. The molecule has 5 heteroatoms. The fraction of sp³-hybridized carbons (Fsp3) is 0.211. The molecule has 2 N–H and O–H groups in total. The fourth-order valence-corrected chi connectivity index (χ4v) is 2.77. The zero-order valence-electron chi connectivity index (χ0n) is 13.2. The van der Waals surface area contributed by atoms with E-state index in [1.165, 1.54) is 10.9 Å². The maximum absolute atomic E-state index is 11.9. The summed E-state index contributed by atoms with van der Waals surface area (Å²) in [5.41, 5.74) is 2.32. The summed E-state index contributed by atoms with van der Waals surface area (Å²) in [6.45, 7) is 0.912. The number of nitrogens with one attached hydrogen (secondary N) is 2. The van der Waals surface area contributed by atoms with Gasteiger partial charge in [0.1, 0.15) is 5.75 Å². The van der Waals surface area contributed by atoms with Gasteiger partial charge in [-0.15, -0.1) is 0 Å². The van der Waals surface area contributed by atoms with Crippen molar-refractivity contribution in [2.45, 2.75) is 12.8 Å². The van der Waals surface area contributed by atoms with Crippen LogP contribution in [0.25, 0.3) is 10.9 Å². The minimum absolute atomic E-state index is 0.0260. The van der Waals surface area contributed by atoms with E-state index in [0.717, 1.165) is 11.9 Å². The molecule has 1 heterocycles. The average Bonchev–Trinajstić information content (AvgIpc) is 3.00. The number of benzene rings is 2. The minimum atomic E-state index is -0.0260. The number of rotatable bonds is 7. The summed E-state index contributed by atoms with van der Waals surface area (Å²) in [5.74, 6) is 0.577. The number of carbonyl (C=O) groups is 1. The van der Waals surface area contributed by atoms with Gasteiger partial charge in [0.2, 0.25) is 5.91 Å². The van der Waals surface area contributed by atoms with Gasteiger partial charge in [-0.3, -0.25) is 4.79 Å². The zero-order chi connectivity index (χ0) is 16.8. The van der Waals surface area contributed by atoms with E-state index in [0.29, 0.717) is 30.3 Å². The third-order valence-electron chi connectivity index (χ3n) is 3.81. The molecule has 1 aromatic heterocycles. The number of para-hydroxylation sites is 2. The Morgan fingerprint density at radius 2 is 1.92 bits per heavy atom. The molecular weight excluding hydrogens is 324 g/mol. The van der Waals surface area contributed by atoms with Crippen LogP contribution in [0.1, 0.15) is 12.0 Å². The minimum Gasteiger partial charge on any atom is -0.491 e. The number of aromatic amines is 1. The van der Waals surface area contributed by atoms with Crippen LogP contribution in [-0.2, 0) is 11.2 Å². The van der Waals surface area contributed by atoms with Crippen LogP contribution in [0.5, 0.6) is 5.75 Å². The molecule has 4 nitrogen and oxygen atoms in total. The van der Waals surface area contributed by atoms with Gasteiger partial charge in [0, 0.05) is 23.6 Å². The van der Waals surface area contributed by atoms with E-state index in [1.807, 2.05) is 36.5 Å². The topological polar surface area (TPSA) is 54.1 Å². The molecule has 0 bridgehead atoms. The van der Waals surface area contributed by atoms with Gasteiger partial charge in [0.25, 0.3) is 0 Å². The number of amides is 1. The Labute approximate surface area is 145 Å². The van der Waals surface area contributed by atoms with Crippen molar-refractivity contribution in [3.05, 3.63) is 65.3 Å². The number of fused-ring (bicyclic) bond motifs is 1. The molecule has 0 aliphatic rings. The van der Waals surface area contributed by atoms with Crippen molar-refractivity contribution in [1.82, 2.24) is 10.3 Å². The van der Waals surface area contributed by atoms with Crippen LogP contribution in [0.15, 0.2) is 54.7 Å². The highest BCUT2D eigenvalue weighted by Crippen LogP contribution is 2.23. The molecule has 1 amide bonds. The first-order valence-corrected chi connectivity index (χ1v) is 8.31. The SMILES string of the molecule is O=C(CCOc1ccccc1Cl)NCCc1c[nH]c2ccccc12. The summed E-state index contributed by atoms with van der Waals surface area (Å²) < 4.78 is 5.52. The van der Waals surface area contributed by atoms with Gasteiger partial charge in [0.05, 0.1) is 18.1 Å². The van der Waals surface area contributed by atoms with Crippen LogP contribution in [0.3, 0.4) is 0 Å². The predicted molar refractivity (Wildman–Crippen MR) is 96.6 cm³/mol. The van der Waals surface area contributed by atoms with E-state index in [1.54, 1.807) is 12.1 Å². The fourth-order valence-electron chi connectivity index (χ4n) is 2.58. The first kappa shape index (κ1) is 16.4. The van der Waals surface area contributed by atoms with Crippen LogP contribution < -0.4 is 10.1 Å². The number of aromatic nitrogens is 1. The molecule has 0 unspecified atom stereocenters. The lowest BCUT2D eigenvalue weighted by atomic mass is 10.1. The summed E-state index contributed by atoms with van der Waals surface area (Å²) in [4.78, 5) is 15.1. The summed E-state index contributed by atoms with van der Waals surface area (Å²) in [5, 5.41) is 4.68. The van der Waals surface area contributed by atoms with Gasteiger partial charge in [0.15, 0.2) is 0 Å². The molecular formula is C19H19ClN2O2. The Morgan fingerprint density at radius 3 is 2.79 bits per heavy atom. The molecule has 0 saturated heterocycles. The zero-order valence-corrected chi connectivity index (χ0v) is 14.0. The molecule has 0 aliphatic heterocycles. The molecule has 24 heavy (non-hydrogen) atoms. The van der Waals surface area contributed by atoms with E-state index in [4.69, 9.17) is 16.3 Å². The lowest BCUT2D eigenvalue weighted by Gasteiger charge is -2.08. The molecule has 0 atom stereocenters. The number of hydrogen-bond acceptors (Lipinski definition) is 2. The Bertz CT molecular complexity index is 829. The molecule has 3 aromatic rings. The molecule has 0 radical (unpaired) electrons. The van der Waals surface area contributed by atoms with Crippen LogP contribution in [0.2, 0.25) is 5.02 Å².